The van der Waals surface area contributed by atoms with Crippen molar-refractivity contribution in [3.63, 3.8) is 0 Å². The minimum absolute atomic E-state index is 0.0534. The van der Waals surface area contributed by atoms with Gasteiger partial charge in [-0.25, -0.2) is 4.98 Å². The van der Waals surface area contributed by atoms with Crippen LogP contribution in [0.5, 0.6) is 0 Å². The van der Waals surface area contributed by atoms with Gasteiger partial charge >= 0.3 is 0 Å². The topological polar surface area (TPSA) is 46.9 Å². The molecule has 2 aromatic carbocycles. The molecule has 0 saturated heterocycles. The molecule has 1 N–H and O–H groups in total. The molecule has 0 fully saturated rings. The second-order valence-electron chi connectivity index (χ2n) is 4.92. The van der Waals surface area contributed by atoms with Gasteiger partial charge in [0.15, 0.2) is 5.78 Å². The van der Waals surface area contributed by atoms with Crippen LogP contribution in [-0.4, -0.2) is 27.8 Å². The van der Waals surface area contributed by atoms with E-state index in [0.717, 1.165) is 11.0 Å². The second-order valence-corrected chi connectivity index (χ2v) is 5.29. The van der Waals surface area contributed by atoms with E-state index < -0.39 is 0 Å². The van der Waals surface area contributed by atoms with Gasteiger partial charge in [-0.2, -0.15) is 0 Å². The Morgan fingerprint density at radius 1 is 1.09 bits per heavy atom. The molecule has 1 aromatic heterocycles. The third-order valence-electron chi connectivity index (χ3n) is 3.43. The first kappa shape index (κ1) is 14.6. The summed E-state index contributed by atoms with van der Waals surface area (Å²) in [4.78, 5) is 17.0. The Hall–Kier alpha value is -2.33. The fourth-order valence-corrected chi connectivity index (χ4v) is 2.48. The number of Topliss-reactive ketones (excluding diaryl/α,β-unsaturated/α-hetero) is 1. The molecule has 0 unspecified atom stereocenters. The van der Waals surface area contributed by atoms with E-state index in [0.29, 0.717) is 23.9 Å². The summed E-state index contributed by atoms with van der Waals surface area (Å²) in [5.74, 6) is 1.21. The van der Waals surface area contributed by atoms with E-state index in [9.17, 15) is 4.79 Å². The van der Waals surface area contributed by atoms with Crippen LogP contribution in [0.4, 0.5) is 5.95 Å². The molecular weight excluding hydrogens is 298 g/mol. The summed E-state index contributed by atoms with van der Waals surface area (Å²) in [5.41, 5.74) is 2.49. The first-order valence-electron chi connectivity index (χ1n) is 7.13. The minimum atomic E-state index is 0.0534. The molecule has 0 amide bonds. The van der Waals surface area contributed by atoms with Crippen molar-refractivity contribution < 1.29 is 4.79 Å². The van der Waals surface area contributed by atoms with Gasteiger partial charge in [-0.3, -0.25) is 4.79 Å². The fraction of sp³-hybridized carbons (Fsp3) is 0.176. The van der Waals surface area contributed by atoms with E-state index in [1.54, 1.807) is 0 Å². The Kier molecular flexibility index (Phi) is 4.39. The van der Waals surface area contributed by atoms with Crippen LogP contribution in [-0.2, 0) is 6.54 Å². The SMILES string of the molecule is O=C(Cn1c(NCCCl)nc2ccccc21)c1ccccc1. The molecule has 1 heterocycles. The molecule has 5 heteroatoms. The van der Waals surface area contributed by atoms with E-state index in [2.05, 4.69) is 10.3 Å². The summed E-state index contributed by atoms with van der Waals surface area (Å²) in [5, 5.41) is 3.18. The van der Waals surface area contributed by atoms with Crippen LogP contribution in [0.3, 0.4) is 0 Å². The number of carbonyl (C=O) groups is 1. The number of hydrogen-bond acceptors (Lipinski definition) is 3. The number of alkyl halides is 1. The van der Waals surface area contributed by atoms with E-state index in [1.165, 1.54) is 0 Å². The van der Waals surface area contributed by atoms with Crippen molar-refractivity contribution >= 4 is 34.4 Å². The van der Waals surface area contributed by atoms with Crippen LogP contribution in [0, 0.1) is 0 Å². The lowest BCUT2D eigenvalue weighted by Gasteiger charge is -2.09. The van der Waals surface area contributed by atoms with Crippen LogP contribution in [0.15, 0.2) is 54.6 Å². The quantitative estimate of drug-likeness (QED) is 0.559. The van der Waals surface area contributed by atoms with Crippen molar-refractivity contribution in [1.29, 1.82) is 0 Å². The zero-order valence-electron chi connectivity index (χ0n) is 12.0. The first-order chi connectivity index (χ1) is 10.8. The highest BCUT2D eigenvalue weighted by Gasteiger charge is 2.14. The molecule has 112 valence electrons. The Balaban J connectivity index is 1.95. The lowest BCUT2D eigenvalue weighted by Crippen LogP contribution is -2.15. The number of ketones is 1. The normalized spacial score (nSPS) is 10.8. The number of hydrogen-bond donors (Lipinski definition) is 1. The van der Waals surface area contributed by atoms with Crippen LogP contribution in [0.25, 0.3) is 11.0 Å². The molecule has 0 aliphatic heterocycles. The Morgan fingerprint density at radius 3 is 2.59 bits per heavy atom. The summed E-state index contributed by atoms with van der Waals surface area (Å²) in [6.45, 7) is 0.847. The predicted octanol–water partition coefficient (Wildman–Crippen LogP) is 3.57. The maximum Gasteiger partial charge on any atom is 0.204 e. The van der Waals surface area contributed by atoms with Gasteiger partial charge in [-0.1, -0.05) is 42.5 Å². The number of para-hydroxylation sites is 2. The van der Waals surface area contributed by atoms with Crippen molar-refractivity contribution in [3.05, 3.63) is 60.2 Å². The molecule has 22 heavy (non-hydrogen) atoms. The van der Waals surface area contributed by atoms with E-state index in [-0.39, 0.29) is 12.3 Å². The molecule has 3 aromatic rings. The van der Waals surface area contributed by atoms with Crippen LogP contribution >= 0.6 is 11.6 Å². The monoisotopic (exact) mass is 313 g/mol. The number of anilines is 1. The Morgan fingerprint density at radius 2 is 1.82 bits per heavy atom. The van der Waals surface area contributed by atoms with Gasteiger partial charge in [0.2, 0.25) is 5.95 Å². The maximum absolute atomic E-state index is 12.5. The standard InChI is InChI=1S/C17H16ClN3O/c18-10-11-19-17-20-14-8-4-5-9-15(14)21(17)12-16(22)13-6-2-1-3-7-13/h1-9H,10-12H2,(H,19,20). The molecule has 3 rings (SSSR count). The average molecular weight is 314 g/mol. The van der Waals surface area contributed by atoms with Gasteiger partial charge in [0.1, 0.15) is 0 Å². The van der Waals surface area contributed by atoms with E-state index in [1.807, 2.05) is 59.2 Å². The van der Waals surface area contributed by atoms with Crippen molar-refractivity contribution in [1.82, 2.24) is 9.55 Å². The van der Waals surface area contributed by atoms with Crippen molar-refractivity contribution in [2.24, 2.45) is 0 Å². The summed E-state index contributed by atoms with van der Waals surface area (Å²) >= 11 is 5.74. The molecule has 0 atom stereocenters. The second kappa shape index (κ2) is 6.62. The molecule has 4 nitrogen and oxygen atoms in total. The highest BCUT2D eigenvalue weighted by molar-refractivity contribution is 6.18. The van der Waals surface area contributed by atoms with Crippen molar-refractivity contribution in [2.45, 2.75) is 6.54 Å². The summed E-state index contributed by atoms with van der Waals surface area (Å²) < 4.78 is 1.90. The lowest BCUT2D eigenvalue weighted by molar-refractivity contribution is 0.0974. The summed E-state index contributed by atoms with van der Waals surface area (Å²) in [6, 6.07) is 17.1. The minimum Gasteiger partial charge on any atom is -0.354 e. The maximum atomic E-state index is 12.5. The van der Waals surface area contributed by atoms with Crippen molar-refractivity contribution in [3.8, 4) is 0 Å². The number of aromatic nitrogens is 2. The first-order valence-corrected chi connectivity index (χ1v) is 7.66. The van der Waals surface area contributed by atoms with Gasteiger partial charge in [0, 0.05) is 18.0 Å². The lowest BCUT2D eigenvalue weighted by atomic mass is 10.1. The van der Waals surface area contributed by atoms with Crippen molar-refractivity contribution in [2.75, 3.05) is 17.7 Å². The largest absolute Gasteiger partial charge is 0.354 e. The summed E-state index contributed by atoms with van der Waals surface area (Å²) in [7, 11) is 0. The number of rotatable bonds is 6. The third kappa shape index (κ3) is 2.97. The van der Waals surface area contributed by atoms with Crippen LogP contribution < -0.4 is 5.32 Å². The molecule has 0 radical (unpaired) electrons. The molecule has 0 spiro atoms. The van der Waals surface area contributed by atoms with Gasteiger partial charge in [-0.05, 0) is 12.1 Å². The molecular formula is C17H16ClN3O. The van der Waals surface area contributed by atoms with Gasteiger partial charge in [0.25, 0.3) is 0 Å². The van der Waals surface area contributed by atoms with Gasteiger partial charge in [-0.15, -0.1) is 11.6 Å². The average Bonchev–Trinajstić information content (AvgIpc) is 2.91. The zero-order chi connectivity index (χ0) is 15.4. The van der Waals surface area contributed by atoms with Crippen LogP contribution in [0.1, 0.15) is 10.4 Å². The number of carbonyl (C=O) groups excluding carboxylic acids is 1. The number of halogens is 1. The Labute approximate surface area is 133 Å². The Bertz CT molecular complexity index is 783. The number of benzene rings is 2. The van der Waals surface area contributed by atoms with Gasteiger partial charge < -0.3 is 9.88 Å². The van der Waals surface area contributed by atoms with Crippen LogP contribution in [0.2, 0.25) is 0 Å². The number of nitrogens with zero attached hydrogens (tertiary/aromatic N) is 2. The summed E-state index contributed by atoms with van der Waals surface area (Å²) in [6.07, 6.45) is 0. The molecule has 0 bridgehead atoms. The third-order valence-corrected chi connectivity index (χ3v) is 3.62. The predicted molar refractivity (Wildman–Crippen MR) is 89.7 cm³/mol. The van der Waals surface area contributed by atoms with E-state index in [4.69, 9.17) is 11.6 Å². The smallest absolute Gasteiger partial charge is 0.204 e. The molecule has 0 saturated carbocycles. The van der Waals surface area contributed by atoms with Gasteiger partial charge in [0.05, 0.1) is 17.6 Å². The van der Waals surface area contributed by atoms with E-state index >= 15 is 0 Å². The molecule has 0 aliphatic rings. The number of fused-ring (bicyclic) bond motifs is 1. The highest BCUT2D eigenvalue weighted by atomic mass is 35.5. The number of nitrogens with one attached hydrogen (secondary N) is 1. The molecule has 0 aliphatic carbocycles. The fourth-order valence-electron chi connectivity index (χ4n) is 2.39. The zero-order valence-corrected chi connectivity index (χ0v) is 12.8. The number of imidazole rings is 1. The highest BCUT2D eigenvalue weighted by Crippen LogP contribution is 2.20.